The first-order valence-corrected chi connectivity index (χ1v) is 16.5. The molecule has 0 radical (unpaired) electrons. The molecule has 6 rings (SSSR count). The number of nitrogens with one attached hydrogen (secondary N) is 1. The summed E-state index contributed by atoms with van der Waals surface area (Å²) >= 11 is 0. The molecule has 1 unspecified atom stereocenters. The van der Waals surface area contributed by atoms with Crippen LogP contribution in [0.1, 0.15) is 47.3 Å². The maximum Gasteiger partial charge on any atom is 0.330 e. The van der Waals surface area contributed by atoms with E-state index in [4.69, 9.17) is 23.5 Å². The normalized spacial score (nSPS) is 27.4. The SMILES string of the molecule is CC1(C)O[C@@H]2[C@H](O1)C(CO[Si](c1ccccc1)(c1ccccc1)C(C)(C)C)O[C@H]2N1CC[C@H](n2cc(F)c(=O)[nH]c2=O)O1. The number of aromatic nitrogens is 2. The Morgan fingerprint density at radius 2 is 1.60 bits per heavy atom. The van der Waals surface area contributed by atoms with Crippen molar-refractivity contribution in [3.05, 3.63) is 93.5 Å². The van der Waals surface area contributed by atoms with Crippen LogP contribution in [0.2, 0.25) is 5.04 Å². The van der Waals surface area contributed by atoms with E-state index in [1.165, 1.54) is 0 Å². The van der Waals surface area contributed by atoms with Crippen molar-refractivity contribution in [2.75, 3.05) is 13.2 Å². The largest absolute Gasteiger partial charge is 0.405 e. The Labute approximate surface area is 250 Å². The lowest BCUT2D eigenvalue weighted by Crippen LogP contribution is -2.67. The second-order valence-electron chi connectivity index (χ2n) is 12.7. The molecule has 0 bridgehead atoms. The average Bonchev–Trinajstić information content (AvgIpc) is 3.65. The van der Waals surface area contributed by atoms with Crippen LogP contribution in [-0.2, 0) is 23.5 Å². The summed E-state index contributed by atoms with van der Waals surface area (Å²) in [5.41, 5.74) is -1.82. The lowest BCUT2D eigenvalue weighted by Gasteiger charge is -2.43. The minimum Gasteiger partial charge on any atom is -0.405 e. The van der Waals surface area contributed by atoms with Crippen molar-refractivity contribution in [2.45, 2.75) is 82.6 Å². The van der Waals surface area contributed by atoms with Gasteiger partial charge in [-0.05, 0) is 29.3 Å². The zero-order chi connectivity index (χ0) is 30.6. The zero-order valence-electron chi connectivity index (χ0n) is 25.0. The van der Waals surface area contributed by atoms with Gasteiger partial charge >= 0.3 is 5.69 Å². The topological polar surface area (TPSA) is 104 Å². The molecule has 10 nitrogen and oxygen atoms in total. The summed E-state index contributed by atoms with van der Waals surface area (Å²) in [5, 5.41) is 3.72. The third-order valence-corrected chi connectivity index (χ3v) is 13.4. The average molecular weight is 612 g/mol. The third-order valence-electron chi connectivity index (χ3n) is 8.38. The van der Waals surface area contributed by atoms with Gasteiger partial charge in [-0.1, -0.05) is 81.4 Å². The summed E-state index contributed by atoms with van der Waals surface area (Å²) < 4.78 is 41.4. The first-order chi connectivity index (χ1) is 20.4. The predicted molar refractivity (Wildman–Crippen MR) is 159 cm³/mol. The van der Waals surface area contributed by atoms with Crippen LogP contribution in [0.25, 0.3) is 0 Å². The highest BCUT2D eigenvalue weighted by Crippen LogP contribution is 2.43. The number of rotatable bonds is 7. The van der Waals surface area contributed by atoms with Crippen molar-refractivity contribution in [1.29, 1.82) is 0 Å². The number of ether oxygens (including phenoxy) is 3. The monoisotopic (exact) mass is 611 g/mol. The first-order valence-electron chi connectivity index (χ1n) is 14.6. The van der Waals surface area contributed by atoms with Crippen molar-refractivity contribution in [1.82, 2.24) is 14.6 Å². The number of halogens is 1. The molecule has 43 heavy (non-hydrogen) atoms. The Bertz CT molecular complexity index is 1520. The van der Waals surface area contributed by atoms with Gasteiger partial charge in [0.15, 0.2) is 18.2 Å². The van der Waals surface area contributed by atoms with Crippen LogP contribution in [0.15, 0.2) is 76.4 Å². The Balaban J connectivity index is 1.28. The molecular formula is C31H38FN3O7Si. The highest BCUT2D eigenvalue weighted by Gasteiger charge is 2.59. The molecule has 0 spiro atoms. The number of hydrogen-bond donors (Lipinski definition) is 1. The molecule has 4 heterocycles. The molecule has 0 aliphatic carbocycles. The van der Waals surface area contributed by atoms with Crippen LogP contribution >= 0.6 is 0 Å². The van der Waals surface area contributed by atoms with Crippen LogP contribution in [0.3, 0.4) is 0 Å². The molecule has 3 aliphatic rings. The van der Waals surface area contributed by atoms with E-state index in [0.29, 0.717) is 13.0 Å². The van der Waals surface area contributed by atoms with Gasteiger partial charge in [-0.15, -0.1) is 0 Å². The number of H-pyrrole nitrogens is 1. The Morgan fingerprint density at radius 1 is 1.00 bits per heavy atom. The highest BCUT2D eigenvalue weighted by molar-refractivity contribution is 6.99. The molecule has 0 amide bonds. The van der Waals surface area contributed by atoms with Gasteiger partial charge < -0.3 is 18.6 Å². The molecule has 3 fully saturated rings. The Hall–Kier alpha value is -2.97. The Kier molecular flexibility index (Phi) is 7.82. The van der Waals surface area contributed by atoms with E-state index in [1.807, 2.05) is 55.2 Å². The van der Waals surface area contributed by atoms with Crippen LogP contribution < -0.4 is 21.6 Å². The third kappa shape index (κ3) is 5.46. The van der Waals surface area contributed by atoms with E-state index in [9.17, 15) is 14.0 Å². The van der Waals surface area contributed by atoms with E-state index >= 15 is 0 Å². The van der Waals surface area contributed by atoms with Crippen molar-refractivity contribution in [3.8, 4) is 0 Å². The molecule has 1 N–H and O–H groups in total. The van der Waals surface area contributed by atoms with E-state index in [-0.39, 0.29) is 11.6 Å². The number of benzene rings is 2. The maximum atomic E-state index is 14.0. The minimum absolute atomic E-state index is 0.218. The molecular weight excluding hydrogens is 573 g/mol. The number of nitrogens with zero attached hydrogens (tertiary/aromatic N) is 2. The lowest BCUT2D eigenvalue weighted by atomic mass is 10.1. The highest BCUT2D eigenvalue weighted by atomic mass is 28.4. The molecule has 3 saturated heterocycles. The number of hydroxylamine groups is 2. The van der Waals surface area contributed by atoms with E-state index in [0.717, 1.165) is 21.1 Å². The standard InChI is InChI=1S/C31H38FN3O7Si/c1-30(2,3)43(20-12-8-6-9-13-20,21-14-10-7-11-15-21)38-19-23-25-26(41-31(4,5)40-25)28(39-23)35-17-16-24(42-35)34-18-22(32)27(36)33-29(34)37/h6-15,18,23-26,28H,16-17,19H2,1-5H3,(H,33,36,37)/t23?,24-,25-,26-,28-/m1/s1. The summed E-state index contributed by atoms with van der Waals surface area (Å²) in [6.45, 7) is 11.0. The number of aromatic amines is 1. The first kappa shape index (κ1) is 30.1. The summed E-state index contributed by atoms with van der Waals surface area (Å²) in [7, 11) is -2.85. The van der Waals surface area contributed by atoms with Crippen LogP contribution in [-0.4, -0.2) is 66.4 Å². The molecule has 230 valence electrons. The van der Waals surface area contributed by atoms with Crippen molar-refractivity contribution in [3.63, 3.8) is 0 Å². The second-order valence-corrected chi connectivity index (χ2v) is 17.0. The van der Waals surface area contributed by atoms with E-state index < -0.39 is 61.9 Å². The van der Waals surface area contributed by atoms with Gasteiger partial charge in [0, 0.05) is 13.0 Å². The van der Waals surface area contributed by atoms with Gasteiger partial charge in [0.1, 0.15) is 18.3 Å². The van der Waals surface area contributed by atoms with Gasteiger partial charge in [0.25, 0.3) is 13.9 Å². The van der Waals surface area contributed by atoms with Gasteiger partial charge in [-0.25, -0.2) is 4.79 Å². The minimum atomic E-state index is -2.85. The Morgan fingerprint density at radius 3 is 2.21 bits per heavy atom. The maximum absolute atomic E-state index is 14.0. The predicted octanol–water partition coefficient (Wildman–Crippen LogP) is 2.63. The quantitative estimate of drug-likeness (QED) is 0.407. The number of hydrogen-bond acceptors (Lipinski definition) is 8. The zero-order valence-corrected chi connectivity index (χ0v) is 26.0. The van der Waals surface area contributed by atoms with E-state index in [1.54, 1.807) is 5.06 Å². The molecule has 12 heteroatoms. The van der Waals surface area contributed by atoms with Crippen molar-refractivity contribution >= 4 is 18.7 Å². The van der Waals surface area contributed by atoms with Gasteiger partial charge in [-0.2, -0.15) is 9.45 Å². The van der Waals surface area contributed by atoms with Crippen LogP contribution in [0.5, 0.6) is 0 Å². The molecule has 3 aliphatic heterocycles. The molecule has 3 aromatic rings. The second kappa shape index (κ2) is 11.2. The lowest BCUT2D eigenvalue weighted by molar-refractivity contribution is -0.284. The van der Waals surface area contributed by atoms with Crippen LogP contribution in [0, 0.1) is 5.82 Å². The summed E-state index contributed by atoms with van der Waals surface area (Å²) in [6, 6.07) is 20.8. The fraction of sp³-hybridized carbons (Fsp3) is 0.484. The molecule has 2 aromatic carbocycles. The molecule has 1 aromatic heterocycles. The van der Waals surface area contributed by atoms with E-state index in [2.05, 4.69) is 45.0 Å². The smallest absolute Gasteiger partial charge is 0.330 e. The summed E-state index contributed by atoms with van der Waals surface area (Å²) in [4.78, 5) is 32.0. The van der Waals surface area contributed by atoms with Gasteiger partial charge in [0.05, 0.1) is 12.8 Å². The van der Waals surface area contributed by atoms with Crippen molar-refractivity contribution in [2.24, 2.45) is 0 Å². The fourth-order valence-corrected chi connectivity index (χ4v) is 11.1. The fourth-order valence-electron chi connectivity index (χ4n) is 6.54. The van der Waals surface area contributed by atoms with Crippen molar-refractivity contribution < 1.29 is 27.9 Å². The van der Waals surface area contributed by atoms with Gasteiger partial charge in [-0.3, -0.25) is 19.2 Å². The summed E-state index contributed by atoms with van der Waals surface area (Å²) in [5.74, 6) is -1.92. The molecule has 5 atom stereocenters. The summed E-state index contributed by atoms with van der Waals surface area (Å²) in [6.07, 6.45) is -1.65. The molecule has 0 saturated carbocycles. The number of fused-ring (bicyclic) bond motifs is 1. The van der Waals surface area contributed by atoms with Gasteiger partial charge in [0.2, 0.25) is 5.82 Å². The van der Waals surface area contributed by atoms with Crippen LogP contribution in [0.4, 0.5) is 4.39 Å².